The predicted molar refractivity (Wildman–Crippen MR) is 207 cm³/mol. The lowest BCUT2D eigenvalue weighted by molar-refractivity contribution is -0.136. The molecule has 7 amide bonds. The predicted octanol–water partition coefficient (Wildman–Crippen LogP) is 4.15. The smallest absolute Gasteiger partial charge is 0.322 e. The minimum Gasteiger partial charge on any atom is -0.494 e. The number of hydroxylamine groups is 1. The zero-order chi connectivity index (χ0) is 40.3. The Morgan fingerprint density at radius 2 is 1.77 bits per heavy atom. The van der Waals surface area contributed by atoms with Crippen LogP contribution in [-0.4, -0.2) is 91.3 Å². The average Bonchev–Trinajstić information content (AvgIpc) is 3.78. The van der Waals surface area contributed by atoms with Crippen LogP contribution in [-0.2, 0) is 29.1 Å². The number of hydrogen-bond acceptors (Lipinski definition) is 11. The lowest BCUT2D eigenvalue weighted by Gasteiger charge is -2.27. The second kappa shape index (κ2) is 18.8. The maximum Gasteiger partial charge on any atom is 0.322 e. The van der Waals surface area contributed by atoms with Crippen molar-refractivity contribution in [2.75, 3.05) is 30.3 Å². The first-order valence-corrected chi connectivity index (χ1v) is 18.9. The van der Waals surface area contributed by atoms with Crippen molar-refractivity contribution < 1.29 is 38.7 Å². The summed E-state index contributed by atoms with van der Waals surface area (Å²) in [5.74, 6) is -2.11. The lowest BCUT2D eigenvalue weighted by atomic mass is 10.0. The van der Waals surface area contributed by atoms with E-state index < -0.39 is 35.6 Å². The van der Waals surface area contributed by atoms with Crippen LogP contribution in [0.5, 0.6) is 5.75 Å². The van der Waals surface area contributed by atoms with Crippen molar-refractivity contribution in [3.63, 3.8) is 0 Å². The lowest BCUT2D eigenvalue weighted by Crippen LogP contribution is -2.54. The fourth-order valence-electron chi connectivity index (χ4n) is 6.62. The van der Waals surface area contributed by atoms with Gasteiger partial charge in [-0.2, -0.15) is 0 Å². The van der Waals surface area contributed by atoms with E-state index in [9.17, 15) is 28.8 Å². The van der Waals surface area contributed by atoms with Gasteiger partial charge in [0, 0.05) is 62.2 Å². The Kier molecular flexibility index (Phi) is 13.2. The molecule has 1 unspecified atom stereocenters. The second-order valence-electron chi connectivity index (χ2n) is 13.7. The number of anilines is 2. The molecule has 17 nitrogen and oxygen atoms in total. The number of fused-ring (bicyclic) bond motifs is 1. The second-order valence-corrected chi connectivity index (χ2v) is 13.7. The van der Waals surface area contributed by atoms with E-state index in [4.69, 9.17) is 9.94 Å². The van der Waals surface area contributed by atoms with Crippen LogP contribution in [0.4, 0.5) is 16.2 Å². The molecule has 0 spiro atoms. The number of hydrogen-bond donors (Lipinski definition) is 5. The number of carbonyl (C=O) groups excluding carboxylic acids is 6. The van der Waals surface area contributed by atoms with Gasteiger partial charge in [0.1, 0.15) is 11.8 Å². The number of ether oxygens (including phenoxy) is 1. The molecule has 6 rings (SSSR count). The zero-order valence-corrected chi connectivity index (χ0v) is 31.5. The van der Waals surface area contributed by atoms with E-state index in [-0.39, 0.29) is 30.0 Å². The molecule has 5 N–H and O–H groups in total. The number of imide groups is 2. The van der Waals surface area contributed by atoms with Gasteiger partial charge >= 0.3 is 6.03 Å². The number of benzene rings is 3. The summed E-state index contributed by atoms with van der Waals surface area (Å²) in [7, 11) is 0. The summed E-state index contributed by atoms with van der Waals surface area (Å²) in [6, 6.07) is 17.6. The highest BCUT2D eigenvalue weighted by molar-refractivity contribution is 6.25. The van der Waals surface area contributed by atoms with E-state index in [1.807, 2.05) is 6.20 Å². The fraction of sp³-hybridized carbons (Fsp3) is 0.350. The number of aryl methyl sites for hydroxylation is 2. The fourth-order valence-corrected chi connectivity index (χ4v) is 6.62. The highest BCUT2D eigenvalue weighted by Crippen LogP contribution is 2.32. The zero-order valence-electron chi connectivity index (χ0n) is 31.5. The van der Waals surface area contributed by atoms with Crippen LogP contribution in [0.25, 0.3) is 0 Å². The molecule has 1 saturated heterocycles. The number of urea groups is 1. The Hall–Kier alpha value is -6.62. The van der Waals surface area contributed by atoms with Gasteiger partial charge in [-0.1, -0.05) is 36.8 Å². The third-order valence-corrected chi connectivity index (χ3v) is 9.65. The SMILES string of the molecule is CCCCN(Cc1ccc(C(=O)NO)cc1)C(=O)Nc1ccc(OCCCn2cc(CCCNc3cccc4c3C(=O)N(C3CCC(=O)NC3=O)C4=O)nn2)cc1. The number of nitrogens with one attached hydrogen (secondary N) is 4. The van der Waals surface area contributed by atoms with Gasteiger partial charge in [-0.05, 0) is 79.8 Å². The molecule has 4 aromatic rings. The molecule has 1 atom stereocenters. The number of nitrogens with zero attached hydrogens (tertiary/aromatic N) is 5. The normalized spacial score (nSPS) is 14.9. The van der Waals surface area contributed by atoms with Crippen LogP contribution in [0.3, 0.4) is 0 Å². The van der Waals surface area contributed by atoms with E-state index >= 15 is 0 Å². The molecule has 1 aromatic heterocycles. The van der Waals surface area contributed by atoms with Crippen molar-refractivity contribution in [2.45, 2.75) is 71.0 Å². The number of amides is 7. The summed E-state index contributed by atoms with van der Waals surface area (Å²) in [5, 5.41) is 25.7. The molecular formula is C40H45N9O8. The maximum atomic E-state index is 13.3. The van der Waals surface area contributed by atoms with Crippen molar-refractivity contribution in [3.8, 4) is 5.75 Å². The van der Waals surface area contributed by atoms with Gasteiger partial charge in [0.25, 0.3) is 17.7 Å². The number of unbranched alkanes of at least 4 members (excludes halogenated alkanes) is 1. The molecule has 17 heteroatoms. The molecule has 0 saturated carbocycles. The number of rotatable bonds is 18. The molecule has 2 aliphatic heterocycles. The van der Waals surface area contributed by atoms with Crippen LogP contribution < -0.4 is 26.2 Å². The Balaban J connectivity index is 0.905. The summed E-state index contributed by atoms with van der Waals surface area (Å²) in [5.41, 5.74) is 5.17. The Morgan fingerprint density at radius 3 is 2.51 bits per heavy atom. The first-order valence-electron chi connectivity index (χ1n) is 18.9. The summed E-state index contributed by atoms with van der Waals surface area (Å²) >= 11 is 0. The number of carbonyl (C=O) groups is 6. The highest BCUT2D eigenvalue weighted by atomic mass is 16.5. The molecule has 3 aromatic carbocycles. The van der Waals surface area contributed by atoms with Gasteiger partial charge in [0.05, 0.1) is 23.4 Å². The van der Waals surface area contributed by atoms with Crippen molar-refractivity contribution >= 4 is 46.9 Å². The largest absolute Gasteiger partial charge is 0.494 e. The maximum absolute atomic E-state index is 13.3. The van der Waals surface area contributed by atoms with Gasteiger partial charge in [-0.15, -0.1) is 5.10 Å². The van der Waals surface area contributed by atoms with Crippen molar-refractivity contribution in [1.82, 2.24) is 35.6 Å². The van der Waals surface area contributed by atoms with Crippen LogP contribution in [0, 0.1) is 0 Å². The topological polar surface area (TPSA) is 217 Å². The van der Waals surface area contributed by atoms with Gasteiger partial charge in [-0.25, -0.2) is 10.3 Å². The molecule has 0 bridgehead atoms. The molecule has 3 heterocycles. The third kappa shape index (κ3) is 9.98. The van der Waals surface area contributed by atoms with Gasteiger partial charge in [-0.3, -0.25) is 44.1 Å². The summed E-state index contributed by atoms with van der Waals surface area (Å²) < 4.78 is 7.67. The van der Waals surface area contributed by atoms with Crippen LogP contribution in [0.1, 0.15) is 87.8 Å². The van der Waals surface area contributed by atoms with Crippen molar-refractivity contribution in [3.05, 3.63) is 101 Å². The van der Waals surface area contributed by atoms with Gasteiger partial charge in [0.15, 0.2) is 0 Å². The molecule has 57 heavy (non-hydrogen) atoms. The minimum atomic E-state index is -1.02. The van der Waals surface area contributed by atoms with Crippen LogP contribution in [0.15, 0.2) is 72.9 Å². The summed E-state index contributed by atoms with van der Waals surface area (Å²) in [4.78, 5) is 77.8. The summed E-state index contributed by atoms with van der Waals surface area (Å²) in [6.07, 6.45) is 5.79. The Bertz CT molecular complexity index is 2100. The van der Waals surface area contributed by atoms with E-state index in [1.165, 1.54) is 0 Å². The molecule has 0 radical (unpaired) electrons. The standard InChI is InChI=1S/C40H45N9O8/c1-2-3-21-47(24-26-10-12-27(13-11-26)36(51)45-56)40(55)42-28-14-16-30(17-15-28)57-23-6-22-48-25-29(44-46-48)7-5-20-41-32-9-4-8-31-35(32)39(54)49(38(31)53)33-18-19-34(50)43-37(33)52/h4,8-17,25,33,41,56H,2-3,5-7,18-24H2,1H3,(H,42,55)(H,45,51)(H,43,50,52). The van der Waals surface area contributed by atoms with Crippen molar-refractivity contribution in [1.29, 1.82) is 0 Å². The number of aromatic nitrogens is 3. The van der Waals surface area contributed by atoms with Gasteiger partial charge in [0.2, 0.25) is 11.8 Å². The first kappa shape index (κ1) is 40.1. The molecule has 2 aliphatic rings. The van der Waals surface area contributed by atoms with Crippen LogP contribution >= 0.6 is 0 Å². The van der Waals surface area contributed by atoms with Crippen molar-refractivity contribution in [2.24, 2.45) is 0 Å². The van der Waals surface area contributed by atoms with Crippen LogP contribution in [0.2, 0.25) is 0 Å². The quantitative estimate of drug-likeness (QED) is 0.0418. The van der Waals surface area contributed by atoms with E-state index in [0.29, 0.717) is 74.7 Å². The summed E-state index contributed by atoms with van der Waals surface area (Å²) in [6.45, 7) is 4.52. The molecular weight excluding hydrogens is 734 g/mol. The van der Waals surface area contributed by atoms with E-state index in [1.54, 1.807) is 81.8 Å². The highest BCUT2D eigenvalue weighted by Gasteiger charge is 2.45. The van der Waals surface area contributed by atoms with E-state index in [0.717, 1.165) is 29.0 Å². The monoisotopic (exact) mass is 779 g/mol. The molecule has 0 aliphatic carbocycles. The Labute approximate surface area is 328 Å². The Morgan fingerprint density at radius 1 is 0.982 bits per heavy atom. The molecule has 298 valence electrons. The van der Waals surface area contributed by atoms with E-state index in [2.05, 4.69) is 33.2 Å². The molecule has 1 fully saturated rings. The third-order valence-electron chi connectivity index (χ3n) is 9.65. The average molecular weight is 780 g/mol. The minimum absolute atomic E-state index is 0.0591. The first-order chi connectivity index (χ1) is 27.6. The van der Waals surface area contributed by atoms with Gasteiger partial charge < -0.3 is 20.3 Å². The number of piperidine rings is 1.